The van der Waals surface area contributed by atoms with E-state index >= 15 is 0 Å². The molecule has 1 N–H and O–H groups in total. The van der Waals surface area contributed by atoms with Crippen LogP contribution in [0.5, 0.6) is 0 Å². The number of amides is 1. The first kappa shape index (κ1) is 23.8. The largest absolute Gasteiger partial charge is 0.381 e. The van der Waals surface area contributed by atoms with E-state index in [4.69, 9.17) is 4.74 Å². The van der Waals surface area contributed by atoms with Crippen molar-refractivity contribution in [2.75, 3.05) is 40.4 Å². The summed E-state index contributed by atoms with van der Waals surface area (Å²) in [4.78, 5) is 17.2. The Kier molecular flexibility index (Phi) is 6.48. The lowest BCUT2D eigenvalue weighted by Crippen LogP contribution is -2.44. The van der Waals surface area contributed by atoms with E-state index in [-0.39, 0.29) is 5.91 Å². The first-order valence-electron chi connectivity index (χ1n) is 13.1. The number of carbonyl (C=O) groups is 1. The minimum atomic E-state index is 0.0892. The minimum absolute atomic E-state index is 0.0892. The van der Waals surface area contributed by atoms with E-state index in [2.05, 4.69) is 57.7 Å². The zero-order chi connectivity index (χ0) is 25.4. The van der Waals surface area contributed by atoms with Crippen molar-refractivity contribution in [1.29, 1.82) is 0 Å². The van der Waals surface area contributed by atoms with Gasteiger partial charge in [-0.15, -0.1) is 5.10 Å². The monoisotopic (exact) mass is 499 g/mol. The SMILES string of the molecule is CN(C)C1CCN(C(=O)c2ccc(-n3cc(-c4n[nH]c5ccc(C6CCOCC6)cc45)nn3)cc2)CC1. The molecule has 4 aromatic rings. The van der Waals surface area contributed by atoms with Crippen LogP contribution in [0.15, 0.2) is 48.7 Å². The first-order valence-corrected chi connectivity index (χ1v) is 13.1. The zero-order valence-electron chi connectivity index (χ0n) is 21.4. The summed E-state index contributed by atoms with van der Waals surface area (Å²) in [5, 5.41) is 17.5. The standard InChI is InChI=1S/C28H33N7O2/c1-33(2)22-9-13-34(14-10-22)28(36)20-3-6-23(7-4-20)35-18-26(30-32-35)27-24-17-21(5-8-25(24)29-31-27)19-11-15-37-16-12-19/h3-8,17-19,22H,9-16H2,1-2H3,(H,29,31). The van der Waals surface area contributed by atoms with Crippen LogP contribution in [0.3, 0.4) is 0 Å². The summed E-state index contributed by atoms with van der Waals surface area (Å²) in [6, 6.07) is 14.7. The number of likely N-dealkylation sites (tertiary alicyclic amines) is 1. The molecule has 0 bridgehead atoms. The average molecular weight is 500 g/mol. The van der Waals surface area contributed by atoms with E-state index in [1.165, 1.54) is 5.56 Å². The first-order chi connectivity index (χ1) is 18.1. The normalized spacial score (nSPS) is 17.6. The number of H-pyrrole nitrogens is 1. The molecule has 9 nitrogen and oxygen atoms in total. The Balaban J connectivity index is 1.18. The van der Waals surface area contributed by atoms with Crippen molar-refractivity contribution >= 4 is 16.8 Å². The fourth-order valence-electron chi connectivity index (χ4n) is 5.53. The van der Waals surface area contributed by atoms with Crippen molar-refractivity contribution in [3.8, 4) is 17.1 Å². The van der Waals surface area contributed by atoms with E-state index < -0.39 is 0 Å². The van der Waals surface area contributed by atoms with Gasteiger partial charge in [-0.2, -0.15) is 5.10 Å². The molecule has 0 unspecified atom stereocenters. The van der Waals surface area contributed by atoms with Crippen LogP contribution in [-0.4, -0.2) is 87.3 Å². The van der Waals surface area contributed by atoms with Gasteiger partial charge in [-0.1, -0.05) is 11.3 Å². The summed E-state index contributed by atoms with van der Waals surface area (Å²) < 4.78 is 7.26. The van der Waals surface area contributed by atoms with Crippen LogP contribution >= 0.6 is 0 Å². The molecule has 37 heavy (non-hydrogen) atoms. The van der Waals surface area contributed by atoms with E-state index in [0.29, 0.717) is 23.2 Å². The predicted molar refractivity (Wildman–Crippen MR) is 142 cm³/mol. The Labute approximate surface area is 216 Å². The van der Waals surface area contributed by atoms with Crippen LogP contribution in [-0.2, 0) is 4.74 Å². The summed E-state index contributed by atoms with van der Waals surface area (Å²) in [5.41, 5.74) is 5.35. The van der Waals surface area contributed by atoms with Crippen LogP contribution in [0.2, 0.25) is 0 Å². The van der Waals surface area contributed by atoms with Gasteiger partial charge in [-0.05, 0) is 87.7 Å². The highest BCUT2D eigenvalue weighted by atomic mass is 16.5. The number of hydrogen-bond donors (Lipinski definition) is 1. The highest BCUT2D eigenvalue weighted by Gasteiger charge is 2.25. The lowest BCUT2D eigenvalue weighted by atomic mass is 9.91. The van der Waals surface area contributed by atoms with Gasteiger partial charge in [0, 0.05) is 43.3 Å². The molecule has 0 radical (unpaired) electrons. The number of aromatic amines is 1. The van der Waals surface area contributed by atoms with Crippen molar-refractivity contribution < 1.29 is 9.53 Å². The summed E-state index contributed by atoms with van der Waals surface area (Å²) in [5.74, 6) is 0.600. The third-order valence-electron chi connectivity index (χ3n) is 7.88. The van der Waals surface area contributed by atoms with Gasteiger partial charge in [0.25, 0.3) is 5.91 Å². The maximum absolute atomic E-state index is 13.0. The minimum Gasteiger partial charge on any atom is -0.381 e. The smallest absolute Gasteiger partial charge is 0.253 e. The van der Waals surface area contributed by atoms with Crippen molar-refractivity contribution in [1.82, 2.24) is 35.0 Å². The molecule has 2 aromatic carbocycles. The molecular weight excluding hydrogens is 466 g/mol. The van der Waals surface area contributed by atoms with Crippen LogP contribution < -0.4 is 0 Å². The fraction of sp³-hybridized carbons (Fsp3) is 0.429. The maximum atomic E-state index is 13.0. The van der Waals surface area contributed by atoms with Gasteiger partial charge < -0.3 is 14.5 Å². The average Bonchev–Trinajstić information content (AvgIpc) is 3.60. The molecule has 0 spiro atoms. The molecule has 2 saturated heterocycles. The van der Waals surface area contributed by atoms with Gasteiger partial charge in [-0.25, -0.2) is 4.68 Å². The number of aromatic nitrogens is 5. The summed E-state index contributed by atoms with van der Waals surface area (Å²) in [6.45, 7) is 3.22. The van der Waals surface area contributed by atoms with Crippen LogP contribution in [0, 0.1) is 0 Å². The molecule has 0 atom stereocenters. The second kappa shape index (κ2) is 10.1. The van der Waals surface area contributed by atoms with Crippen LogP contribution in [0.25, 0.3) is 28.0 Å². The second-order valence-electron chi connectivity index (χ2n) is 10.3. The summed E-state index contributed by atoms with van der Waals surface area (Å²) >= 11 is 0. The molecule has 192 valence electrons. The zero-order valence-corrected chi connectivity index (χ0v) is 21.4. The Hall–Kier alpha value is -3.56. The number of rotatable bonds is 5. The molecular formula is C28H33N7O2. The number of carbonyl (C=O) groups excluding carboxylic acids is 1. The number of fused-ring (bicyclic) bond motifs is 1. The Bertz CT molecular complexity index is 1380. The van der Waals surface area contributed by atoms with E-state index in [0.717, 1.165) is 74.3 Å². The van der Waals surface area contributed by atoms with Crippen molar-refractivity contribution in [2.45, 2.75) is 37.6 Å². The van der Waals surface area contributed by atoms with Gasteiger partial charge in [0.2, 0.25) is 0 Å². The van der Waals surface area contributed by atoms with E-state index in [9.17, 15) is 4.79 Å². The number of nitrogens with zero attached hydrogens (tertiary/aromatic N) is 6. The predicted octanol–water partition coefficient (Wildman–Crippen LogP) is 3.87. The van der Waals surface area contributed by atoms with Gasteiger partial charge in [0.1, 0.15) is 11.4 Å². The quantitative estimate of drug-likeness (QED) is 0.448. The van der Waals surface area contributed by atoms with Crippen molar-refractivity contribution in [3.05, 3.63) is 59.8 Å². The lowest BCUT2D eigenvalue weighted by molar-refractivity contribution is 0.0663. The molecule has 2 fully saturated rings. The van der Waals surface area contributed by atoms with Crippen LogP contribution in [0.1, 0.15) is 47.5 Å². The molecule has 2 aromatic heterocycles. The fourth-order valence-corrected chi connectivity index (χ4v) is 5.53. The highest BCUT2D eigenvalue weighted by Crippen LogP contribution is 2.32. The third kappa shape index (κ3) is 4.76. The molecule has 0 saturated carbocycles. The van der Waals surface area contributed by atoms with Gasteiger partial charge in [0.05, 0.1) is 17.4 Å². The van der Waals surface area contributed by atoms with Gasteiger partial charge in [-0.3, -0.25) is 9.89 Å². The lowest BCUT2D eigenvalue weighted by Gasteiger charge is -2.35. The molecule has 0 aliphatic carbocycles. The molecule has 4 heterocycles. The van der Waals surface area contributed by atoms with E-state index in [1.807, 2.05) is 35.4 Å². The number of ether oxygens (including phenoxy) is 1. The van der Waals surface area contributed by atoms with E-state index in [1.54, 1.807) is 4.68 Å². The van der Waals surface area contributed by atoms with Crippen molar-refractivity contribution in [2.24, 2.45) is 0 Å². The number of benzene rings is 2. The topological polar surface area (TPSA) is 92.2 Å². The summed E-state index contributed by atoms with van der Waals surface area (Å²) in [7, 11) is 4.21. The Morgan fingerprint density at radius 3 is 2.51 bits per heavy atom. The number of hydrogen-bond acceptors (Lipinski definition) is 6. The Morgan fingerprint density at radius 2 is 1.78 bits per heavy atom. The second-order valence-corrected chi connectivity index (χ2v) is 10.3. The molecule has 6 rings (SSSR count). The van der Waals surface area contributed by atoms with Crippen LogP contribution in [0.4, 0.5) is 0 Å². The van der Waals surface area contributed by atoms with Gasteiger partial charge in [0.15, 0.2) is 0 Å². The molecule has 2 aliphatic rings. The molecule has 2 aliphatic heterocycles. The van der Waals surface area contributed by atoms with Crippen molar-refractivity contribution in [3.63, 3.8) is 0 Å². The highest BCUT2D eigenvalue weighted by molar-refractivity contribution is 5.94. The molecule has 1 amide bonds. The number of nitrogens with one attached hydrogen (secondary N) is 1. The van der Waals surface area contributed by atoms with Gasteiger partial charge >= 0.3 is 0 Å². The number of piperidine rings is 1. The molecule has 9 heteroatoms. The maximum Gasteiger partial charge on any atom is 0.253 e. The Morgan fingerprint density at radius 1 is 1.03 bits per heavy atom. The third-order valence-corrected chi connectivity index (χ3v) is 7.88. The summed E-state index contributed by atoms with van der Waals surface area (Å²) in [6.07, 6.45) is 6.00.